The number of aromatic nitrogens is 1. The number of nitrogens with two attached hydrogens (primary N) is 1. The minimum atomic E-state index is -0.0934. The monoisotopic (exact) mass is 312 g/mol. The van der Waals surface area contributed by atoms with Gasteiger partial charge < -0.3 is 16.4 Å². The van der Waals surface area contributed by atoms with Gasteiger partial charge in [-0.2, -0.15) is 0 Å². The summed E-state index contributed by atoms with van der Waals surface area (Å²) in [5.41, 5.74) is 5.86. The minimum absolute atomic E-state index is 0.0934. The van der Waals surface area contributed by atoms with Crippen LogP contribution in [0.4, 0.5) is 10.9 Å². The quantitative estimate of drug-likeness (QED) is 0.616. The number of thiazole rings is 1. The predicted octanol–water partition coefficient (Wildman–Crippen LogP) is 3.64. The summed E-state index contributed by atoms with van der Waals surface area (Å²) in [5, 5.41) is 7.00. The first-order valence-electron chi connectivity index (χ1n) is 7.93. The summed E-state index contributed by atoms with van der Waals surface area (Å²) >= 11 is 1.33. The molecule has 1 heterocycles. The molecule has 1 rings (SSSR count). The van der Waals surface area contributed by atoms with Crippen molar-refractivity contribution in [3.8, 4) is 0 Å². The van der Waals surface area contributed by atoms with Gasteiger partial charge in [0, 0.05) is 12.6 Å². The molecule has 4 N–H and O–H groups in total. The number of rotatable bonds is 10. The maximum Gasteiger partial charge on any atom is 0.265 e. The van der Waals surface area contributed by atoms with Crippen LogP contribution >= 0.6 is 11.3 Å². The second-order valence-corrected chi connectivity index (χ2v) is 6.26. The molecule has 0 spiro atoms. The second-order valence-electron chi connectivity index (χ2n) is 5.26. The lowest BCUT2D eigenvalue weighted by Gasteiger charge is -2.17. The van der Waals surface area contributed by atoms with Crippen molar-refractivity contribution in [2.75, 3.05) is 17.6 Å². The van der Waals surface area contributed by atoms with Crippen molar-refractivity contribution in [2.24, 2.45) is 0 Å². The number of carbonyl (C=O) groups is 1. The molecule has 120 valence electrons. The van der Waals surface area contributed by atoms with E-state index in [1.165, 1.54) is 11.3 Å². The third-order valence-electron chi connectivity index (χ3n) is 3.26. The fourth-order valence-corrected chi connectivity index (χ4v) is 2.95. The summed E-state index contributed by atoms with van der Waals surface area (Å²) in [7, 11) is 0. The topological polar surface area (TPSA) is 80.0 Å². The molecule has 5 nitrogen and oxygen atoms in total. The van der Waals surface area contributed by atoms with Gasteiger partial charge in [-0.1, -0.05) is 51.4 Å². The zero-order chi connectivity index (χ0) is 15.7. The summed E-state index contributed by atoms with van der Waals surface area (Å²) in [6.07, 6.45) is 6.38. The van der Waals surface area contributed by atoms with Crippen molar-refractivity contribution in [1.82, 2.24) is 10.3 Å². The van der Waals surface area contributed by atoms with Crippen LogP contribution in [0.2, 0.25) is 0 Å². The number of hydrogen-bond donors (Lipinski definition) is 3. The zero-order valence-corrected chi connectivity index (χ0v) is 14.2. The van der Waals surface area contributed by atoms with Crippen LogP contribution in [0.1, 0.15) is 69.0 Å². The van der Waals surface area contributed by atoms with Gasteiger partial charge in [-0.3, -0.25) is 4.79 Å². The van der Waals surface area contributed by atoms with Crippen molar-refractivity contribution >= 4 is 28.2 Å². The van der Waals surface area contributed by atoms with E-state index in [9.17, 15) is 4.79 Å². The Labute approximate surface area is 131 Å². The van der Waals surface area contributed by atoms with Gasteiger partial charge in [0.05, 0.1) is 0 Å². The van der Waals surface area contributed by atoms with E-state index in [1.807, 2.05) is 0 Å². The van der Waals surface area contributed by atoms with Crippen LogP contribution in [0, 0.1) is 0 Å². The van der Waals surface area contributed by atoms with E-state index in [2.05, 4.69) is 36.4 Å². The molecule has 0 radical (unpaired) electrons. The number of nitrogen functional groups attached to an aromatic ring is 1. The van der Waals surface area contributed by atoms with E-state index in [-0.39, 0.29) is 11.9 Å². The smallest absolute Gasteiger partial charge is 0.265 e. The van der Waals surface area contributed by atoms with E-state index in [1.54, 1.807) is 0 Å². The van der Waals surface area contributed by atoms with Gasteiger partial charge in [0.15, 0.2) is 5.13 Å². The van der Waals surface area contributed by atoms with Crippen LogP contribution in [0.3, 0.4) is 0 Å². The molecule has 0 aliphatic heterocycles. The van der Waals surface area contributed by atoms with Crippen LogP contribution in [-0.2, 0) is 0 Å². The van der Waals surface area contributed by atoms with Crippen molar-refractivity contribution in [1.29, 1.82) is 0 Å². The Morgan fingerprint density at radius 2 is 2.00 bits per heavy atom. The lowest BCUT2D eigenvalue weighted by molar-refractivity contribution is 0.0937. The Balaban J connectivity index is 2.65. The second kappa shape index (κ2) is 9.60. The van der Waals surface area contributed by atoms with E-state index in [4.69, 9.17) is 5.73 Å². The molecule has 6 heteroatoms. The van der Waals surface area contributed by atoms with E-state index in [0.717, 1.165) is 50.2 Å². The number of anilines is 2. The largest absolute Gasteiger partial charge is 0.382 e. The molecule has 1 atom stereocenters. The molecule has 1 aromatic heterocycles. The normalized spacial score (nSPS) is 12.1. The Kier molecular flexibility index (Phi) is 8.12. The van der Waals surface area contributed by atoms with Gasteiger partial charge in [0.1, 0.15) is 10.7 Å². The predicted molar refractivity (Wildman–Crippen MR) is 91.0 cm³/mol. The Bertz CT molecular complexity index is 433. The van der Waals surface area contributed by atoms with Gasteiger partial charge in [-0.25, -0.2) is 4.98 Å². The molecule has 1 amide bonds. The molecular formula is C15H28N4OS. The van der Waals surface area contributed by atoms with Crippen LogP contribution in [0.5, 0.6) is 0 Å². The van der Waals surface area contributed by atoms with Crippen LogP contribution in [-0.4, -0.2) is 23.5 Å². The highest BCUT2D eigenvalue weighted by atomic mass is 32.1. The Morgan fingerprint density at radius 1 is 1.24 bits per heavy atom. The van der Waals surface area contributed by atoms with Crippen molar-refractivity contribution in [2.45, 2.75) is 65.3 Å². The first-order valence-corrected chi connectivity index (χ1v) is 8.74. The molecule has 0 aliphatic carbocycles. The van der Waals surface area contributed by atoms with Crippen molar-refractivity contribution in [3.63, 3.8) is 0 Å². The summed E-state index contributed by atoms with van der Waals surface area (Å²) in [6.45, 7) is 7.22. The number of nitrogens with zero attached hydrogens (tertiary/aromatic N) is 1. The number of hydrogen-bond acceptors (Lipinski definition) is 5. The average molecular weight is 312 g/mol. The SMILES string of the molecule is CCCCC(CCC)NC(=O)c1sc(NCCC)nc1N. The molecule has 1 aromatic rings. The molecule has 0 saturated carbocycles. The highest BCUT2D eigenvalue weighted by Crippen LogP contribution is 2.25. The molecule has 0 fully saturated rings. The highest BCUT2D eigenvalue weighted by molar-refractivity contribution is 7.18. The van der Waals surface area contributed by atoms with Gasteiger partial charge in [0.2, 0.25) is 0 Å². The highest BCUT2D eigenvalue weighted by Gasteiger charge is 2.19. The van der Waals surface area contributed by atoms with Gasteiger partial charge >= 0.3 is 0 Å². The standard InChI is InChI=1S/C15H28N4OS/c1-4-7-9-11(8-5-2)18-14(20)12-13(16)19-15(21-12)17-10-6-3/h11H,4-10,16H2,1-3H3,(H,17,19)(H,18,20). The number of nitrogens with one attached hydrogen (secondary N) is 2. The minimum Gasteiger partial charge on any atom is -0.382 e. The van der Waals surface area contributed by atoms with Crippen LogP contribution in [0.25, 0.3) is 0 Å². The average Bonchev–Trinajstić information content (AvgIpc) is 2.84. The maximum absolute atomic E-state index is 12.4. The van der Waals surface area contributed by atoms with Gasteiger partial charge in [0.25, 0.3) is 5.91 Å². The fourth-order valence-electron chi connectivity index (χ4n) is 2.14. The van der Waals surface area contributed by atoms with Crippen LogP contribution < -0.4 is 16.4 Å². The lowest BCUT2D eigenvalue weighted by atomic mass is 10.1. The van der Waals surface area contributed by atoms with E-state index < -0.39 is 0 Å². The van der Waals surface area contributed by atoms with E-state index in [0.29, 0.717) is 10.7 Å². The molecule has 21 heavy (non-hydrogen) atoms. The first-order chi connectivity index (χ1) is 10.1. The van der Waals surface area contributed by atoms with E-state index >= 15 is 0 Å². The van der Waals surface area contributed by atoms with Gasteiger partial charge in [-0.05, 0) is 19.3 Å². The molecule has 0 saturated heterocycles. The van der Waals surface area contributed by atoms with Gasteiger partial charge in [-0.15, -0.1) is 0 Å². The summed E-state index contributed by atoms with van der Waals surface area (Å²) in [6, 6.07) is 0.232. The molecule has 0 aliphatic rings. The molecule has 1 unspecified atom stereocenters. The summed E-state index contributed by atoms with van der Waals surface area (Å²) in [4.78, 5) is 17.1. The van der Waals surface area contributed by atoms with Crippen LogP contribution in [0.15, 0.2) is 0 Å². The third-order valence-corrected chi connectivity index (χ3v) is 4.29. The third kappa shape index (κ3) is 5.91. The fraction of sp³-hybridized carbons (Fsp3) is 0.733. The number of unbranched alkanes of at least 4 members (excludes halogenated alkanes) is 1. The summed E-state index contributed by atoms with van der Waals surface area (Å²) in [5.74, 6) is 0.228. The molecular weight excluding hydrogens is 284 g/mol. The van der Waals surface area contributed by atoms with Crippen molar-refractivity contribution < 1.29 is 4.79 Å². The number of carbonyl (C=O) groups excluding carboxylic acids is 1. The Hall–Kier alpha value is -1.30. The summed E-state index contributed by atoms with van der Waals surface area (Å²) < 4.78 is 0. The Morgan fingerprint density at radius 3 is 2.62 bits per heavy atom. The first kappa shape index (κ1) is 17.8. The number of amides is 1. The molecule has 0 bridgehead atoms. The molecule has 0 aromatic carbocycles. The van der Waals surface area contributed by atoms with Crippen molar-refractivity contribution in [3.05, 3.63) is 4.88 Å². The maximum atomic E-state index is 12.4. The lowest BCUT2D eigenvalue weighted by Crippen LogP contribution is -2.34. The zero-order valence-electron chi connectivity index (χ0n) is 13.4.